The number of hydrogen-bond donors (Lipinski definition) is 1. The lowest BCUT2D eigenvalue weighted by Crippen LogP contribution is -2.66. The fourth-order valence-electron chi connectivity index (χ4n) is 6.09. The van der Waals surface area contributed by atoms with Crippen LogP contribution in [0.15, 0.2) is 55.0 Å². The van der Waals surface area contributed by atoms with E-state index in [-0.39, 0.29) is 5.91 Å². The Labute approximate surface area is 251 Å². The zero-order chi connectivity index (χ0) is 28.8. The van der Waals surface area contributed by atoms with Crippen molar-refractivity contribution in [3.05, 3.63) is 76.7 Å². The van der Waals surface area contributed by atoms with E-state index in [4.69, 9.17) is 4.74 Å². The average molecular weight is 601 g/mol. The fraction of sp³-hybridized carbons (Fsp3) is 0.355. The molecule has 2 saturated heterocycles. The molecule has 42 heavy (non-hydrogen) atoms. The summed E-state index contributed by atoms with van der Waals surface area (Å²) in [4.78, 5) is 32.7. The van der Waals surface area contributed by atoms with Crippen molar-refractivity contribution < 1.29 is 13.7 Å². The summed E-state index contributed by atoms with van der Waals surface area (Å²) in [7, 11) is -0.610. The number of anilines is 2. The number of nitrogens with one attached hydrogen (secondary N) is 1. The van der Waals surface area contributed by atoms with E-state index >= 15 is 0 Å². The van der Waals surface area contributed by atoms with Crippen molar-refractivity contribution in [3.63, 3.8) is 0 Å². The van der Waals surface area contributed by atoms with Crippen LogP contribution in [0.4, 0.5) is 11.5 Å². The Morgan fingerprint density at radius 3 is 2.79 bits per heavy atom. The van der Waals surface area contributed by atoms with Crippen molar-refractivity contribution in [2.24, 2.45) is 5.41 Å². The number of nitrogens with zero attached hydrogens (tertiary/aromatic N) is 5. The number of likely N-dealkylation sites (tertiary alicyclic amines) is 1. The van der Waals surface area contributed by atoms with Crippen LogP contribution < -0.4 is 10.1 Å². The van der Waals surface area contributed by atoms with Gasteiger partial charge in [0.2, 0.25) is 5.91 Å². The molecule has 2 fully saturated rings. The van der Waals surface area contributed by atoms with Gasteiger partial charge in [0.1, 0.15) is 28.5 Å². The van der Waals surface area contributed by atoms with E-state index < -0.39 is 10.8 Å². The first-order chi connectivity index (χ1) is 20.3. The first-order valence-electron chi connectivity index (χ1n) is 14.1. The maximum atomic E-state index is 13.0. The number of pyridine rings is 1. The number of hydrogen-bond acceptors (Lipinski definition) is 9. The summed E-state index contributed by atoms with van der Waals surface area (Å²) in [5.41, 5.74) is 4.37. The van der Waals surface area contributed by atoms with Gasteiger partial charge in [0, 0.05) is 76.2 Å². The quantitative estimate of drug-likeness (QED) is 0.304. The van der Waals surface area contributed by atoms with Crippen molar-refractivity contribution in [3.8, 4) is 11.5 Å². The van der Waals surface area contributed by atoms with E-state index in [2.05, 4.69) is 25.2 Å². The molecule has 6 heterocycles. The lowest BCUT2D eigenvalue weighted by molar-refractivity contribution is -0.126. The summed E-state index contributed by atoms with van der Waals surface area (Å²) in [6, 6.07) is 9.82. The predicted octanol–water partition coefficient (Wildman–Crippen LogP) is 4.74. The minimum atomic E-state index is -0.610. The van der Waals surface area contributed by atoms with Gasteiger partial charge in [0.25, 0.3) is 0 Å². The number of carbonyl (C=O) groups is 1. The van der Waals surface area contributed by atoms with E-state index in [0.29, 0.717) is 24.3 Å². The van der Waals surface area contributed by atoms with Crippen LogP contribution >= 0.6 is 11.3 Å². The highest BCUT2D eigenvalue weighted by molar-refractivity contribution is 7.86. The Morgan fingerprint density at radius 2 is 2.02 bits per heavy atom. The summed E-state index contributed by atoms with van der Waals surface area (Å²) < 4.78 is 17.5. The van der Waals surface area contributed by atoms with Crippen molar-refractivity contribution in [1.82, 2.24) is 24.8 Å². The highest BCUT2D eigenvalue weighted by Gasteiger charge is 2.51. The number of aromatic nitrogens is 3. The number of aryl methyl sites for hydroxylation is 2. The molecule has 0 aliphatic carbocycles. The molecule has 3 aliphatic rings. The molecule has 11 heteroatoms. The van der Waals surface area contributed by atoms with E-state index in [1.54, 1.807) is 29.9 Å². The van der Waals surface area contributed by atoms with Crippen molar-refractivity contribution >= 4 is 49.8 Å². The second kappa shape index (κ2) is 10.9. The first-order valence-corrected chi connectivity index (χ1v) is 16.4. The number of fused-ring (bicyclic) bond motifs is 3. The largest absolute Gasteiger partial charge is 0.455 e. The highest BCUT2D eigenvalue weighted by atomic mass is 32.2. The van der Waals surface area contributed by atoms with Crippen LogP contribution in [0.5, 0.6) is 11.5 Å². The van der Waals surface area contributed by atoms with Gasteiger partial charge < -0.3 is 15.0 Å². The van der Waals surface area contributed by atoms with E-state index in [1.807, 2.05) is 55.2 Å². The summed E-state index contributed by atoms with van der Waals surface area (Å²) in [5, 5.41) is 4.53. The predicted molar refractivity (Wildman–Crippen MR) is 166 cm³/mol. The molecule has 3 aromatic heterocycles. The molecular formula is C31H32N6O3S2. The van der Waals surface area contributed by atoms with Crippen LogP contribution in [0.3, 0.4) is 0 Å². The lowest BCUT2D eigenvalue weighted by atomic mass is 9.83. The fourth-order valence-corrected chi connectivity index (χ4v) is 8.94. The molecule has 9 nitrogen and oxygen atoms in total. The smallest absolute Gasteiger partial charge is 0.246 e. The molecule has 1 aromatic carbocycles. The van der Waals surface area contributed by atoms with Crippen LogP contribution in [0.2, 0.25) is 0 Å². The van der Waals surface area contributed by atoms with Crippen LogP contribution in [-0.2, 0) is 28.6 Å². The van der Waals surface area contributed by atoms with Gasteiger partial charge in [-0.1, -0.05) is 6.08 Å². The zero-order valence-electron chi connectivity index (χ0n) is 23.6. The van der Waals surface area contributed by atoms with Gasteiger partial charge in [-0.3, -0.25) is 18.9 Å². The molecule has 3 aliphatic heterocycles. The molecule has 0 unspecified atom stereocenters. The van der Waals surface area contributed by atoms with Gasteiger partial charge in [0.05, 0.1) is 18.1 Å². The molecule has 0 bridgehead atoms. The second-order valence-corrected chi connectivity index (χ2v) is 14.1. The summed E-state index contributed by atoms with van der Waals surface area (Å²) in [6.07, 6.45) is 7.76. The van der Waals surface area contributed by atoms with E-state index in [0.717, 1.165) is 81.2 Å². The number of rotatable bonds is 7. The van der Waals surface area contributed by atoms with Gasteiger partial charge >= 0.3 is 0 Å². The minimum Gasteiger partial charge on any atom is -0.455 e. The highest BCUT2D eigenvalue weighted by Crippen LogP contribution is 2.40. The number of carbonyl (C=O) groups excluding carboxylic acids is 1. The molecule has 0 atom stereocenters. The third-order valence-electron chi connectivity index (χ3n) is 8.17. The third kappa shape index (κ3) is 5.32. The van der Waals surface area contributed by atoms with Crippen molar-refractivity contribution in [1.29, 1.82) is 0 Å². The maximum absolute atomic E-state index is 13.0. The van der Waals surface area contributed by atoms with Crippen LogP contribution in [0, 0.1) is 19.3 Å². The zero-order valence-corrected chi connectivity index (χ0v) is 25.3. The summed E-state index contributed by atoms with van der Waals surface area (Å²) in [6.45, 7) is 7.96. The van der Waals surface area contributed by atoms with Crippen LogP contribution in [0.25, 0.3) is 10.2 Å². The Bertz CT molecular complexity index is 1720. The van der Waals surface area contributed by atoms with Gasteiger partial charge in [0.15, 0.2) is 0 Å². The molecule has 4 aromatic rings. The number of thiophene rings is 1. The van der Waals surface area contributed by atoms with Gasteiger partial charge in [-0.05, 0) is 61.7 Å². The number of amides is 1. The average Bonchev–Trinajstić information content (AvgIpc) is 3.32. The monoisotopic (exact) mass is 600 g/mol. The normalized spacial score (nSPS) is 18.2. The van der Waals surface area contributed by atoms with E-state index in [9.17, 15) is 9.00 Å². The van der Waals surface area contributed by atoms with Crippen LogP contribution in [0.1, 0.15) is 21.7 Å². The lowest BCUT2D eigenvalue weighted by Gasteiger charge is -2.54. The molecule has 216 valence electrons. The number of benzene rings is 1. The Morgan fingerprint density at radius 1 is 1.17 bits per heavy atom. The van der Waals surface area contributed by atoms with Crippen LogP contribution in [-0.4, -0.2) is 72.6 Å². The Kier molecular flexibility index (Phi) is 7.03. The molecule has 7 rings (SSSR count). The van der Waals surface area contributed by atoms with Crippen molar-refractivity contribution in [2.75, 3.05) is 43.0 Å². The summed E-state index contributed by atoms with van der Waals surface area (Å²) in [5.74, 6) is 3.97. The maximum Gasteiger partial charge on any atom is 0.246 e. The first kappa shape index (κ1) is 27.2. The van der Waals surface area contributed by atoms with Crippen molar-refractivity contribution in [2.45, 2.75) is 26.8 Å². The third-order valence-corrected chi connectivity index (χ3v) is 11.2. The molecule has 0 saturated carbocycles. The molecule has 0 radical (unpaired) electrons. The Balaban J connectivity index is 1.01. The van der Waals surface area contributed by atoms with Gasteiger partial charge in [-0.25, -0.2) is 9.97 Å². The van der Waals surface area contributed by atoms with E-state index in [1.165, 1.54) is 5.56 Å². The molecular weight excluding hydrogens is 569 g/mol. The second-order valence-electron chi connectivity index (χ2n) is 11.6. The summed E-state index contributed by atoms with van der Waals surface area (Å²) >= 11 is 1.64. The molecule has 1 spiro atoms. The minimum absolute atomic E-state index is 0.0433. The number of ether oxygens (including phenoxy) is 1. The SMILES string of the molecule is Cc1ccc(Oc2ccc(Nc3ncnc4sc5c(c34)CCN(C(=O)/C=C/CN3CC4(C3)CS(=O)C4)C5)cc2C)cn1. The topological polar surface area (TPSA) is 101 Å². The van der Waals surface area contributed by atoms with Gasteiger partial charge in [-0.15, -0.1) is 11.3 Å². The standard InChI is InChI=1S/C31H32N6O3S2/c1-20-12-22(6-8-25(20)40-23-7-5-21(2)32-13-23)35-29-28-24-9-11-37(14-26(24)41-30(28)34-19-33-29)27(38)4-3-10-36-15-31(16-36)17-42(39)18-31/h3-8,12-13,19H,9-11,14-18H2,1-2H3,(H,33,34,35)/b4-3+. The van der Waals surface area contributed by atoms with Gasteiger partial charge in [-0.2, -0.15) is 0 Å². The molecule has 1 N–H and O–H groups in total. The molecule has 1 amide bonds. The Hall–Kier alpha value is -3.67.